The van der Waals surface area contributed by atoms with E-state index in [4.69, 9.17) is 4.74 Å². The number of aromatic nitrogens is 1. The third kappa shape index (κ3) is 6.63. The summed E-state index contributed by atoms with van der Waals surface area (Å²) in [5, 5.41) is 2.77. The van der Waals surface area contributed by atoms with E-state index < -0.39 is 11.7 Å². The summed E-state index contributed by atoms with van der Waals surface area (Å²) in [6.07, 6.45) is 5.66. The summed E-state index contributed by atoms with van der Waals surface area (Å²) < 4.78 is 5.28. The molecule has 0 spiro atoms. The fraction of sp³-hybridized carbons (Fsp3) is 0.417. The summed E-state index contributed by atoms with van der Waals surface area (Å²) >= 11 is 0. The van der Waals surface area contributed by atoms with Gasteiger partial charge in [0.15, 0.2) is 0 Å². The van der Waals surface area contributed by atoms with E-state index in [9.17, 15) is 4.79 Å². The van der Waals surface area contributed by atoms with E-state index in [0.717, 1.165) is 17.8 Å². The van der Waals surface area contributed by atoms with Crippen LogP contribution in [-0.2, 0) is 17.8 Å². The highest BCUT2D eigenvalue weighted by Crippen LogP contribution is 2.31. The molecule has 1 aliphatic heterocycles. The first-order valence-electron chi connectivity index (χ1n) is 10.3. The third-order valence-corrected chi connectivity index (χ3v) is 4.44. The van der Waals surface area contributed by atoms with Crippen LogP contribution >= 0.6 is 0 Å². The highest BCUT2D eigenvalue weighted by Gasteiger charge is 2.21. The van der Waals surface area contributed by atoms with Gasteiger partial charge in [0.25, 0.3) is 0 Å². The molecule has 29 heavy (non-hydrogen) atoms. The number of carbonyl (C=O) groups excluding carboxylic acids is 1. The second kappa shape index (κ2) is 10.1. The molecule has 1 atom stereocenters. The predicted octanol–water partition coefficient (Wildman–Crippen LogP) is 5.68. The minimum Gasteiger partial charge on any atom is -0.444 e. The Morgan fingerprint density at radius 1 is 1.21 bits per heavy atom. The van der Waals surface area contributed by atoms with E-state index in [2.05, 4.69) is 64.7 Å². The van der Waals surface area contributed by atoms with Gasteiger partial charge in [-0.1, -0.05) is 44.2 Å². The maximum Gasteiger partial charge on any atom is 0.407 e. The largest absolute Gasteiger partial charge is 0.444 e. The lowest BCUT2D eigenvalue weighted by molar-refractivity contribution is 0.0523. The van der Waals surface area contributed by atoms with Crippen LogP contribution in [0.4, 0.5) is 4.79 Å². The second-order valence-electron chi connectivity index (χ2n) is 7.81. The van der Waals surface area contributed by atoms with Gasteiger partial charge in [-0.3, -0.25) is 4.98 Å². The van der Waals surface area contributed by atoms with Gasteiger partial charge >= 0.3 is 6.09 Å². The van der Waals surface area contributed by atoms with E-state index in [1.54, 1.807) is 0 Å². The fourth-order valence-corrected chi connectivity index (χ4v) is 3.07. The van der Waals surface area contributed by atoms with Gasteiger partial charge in [-0.25, -0.2) is 4.79 Å². The van der Waals surface area contributed by atoms with Crippen molar-refractivity contribution >= 4 is 12.2 Å². The standard InChI is InChI=1S/C22H27N3O2.C2H6/c1-16-20-12-19(14-24-21(26)27-22(2,3)4)23-13-18(20)10-11-25(16)15-17-8-6-5-7-9-17;1-2/h5-13,16H,14-15H2,1-4H3,(H,24,26);1-2H3. The number of amides is 1. The molecule has 1 aliphatic rings. The van der Waals surface area contributed by atoms with Crippen molar-refractivity contribution in [2.45, 2.75) is 66.3 Å². The second-order valence-corrected chi connectivity index (χ2v) is 7.81. The van der Waals surface area contributed by atoms with Gasteiger partial charge in [-0.05, 0) is 56.5 Å². The van der Waals surface area contributed by atoms with Crippen molar-refractivity contribution in [1.29, 1.82) is 0 Å². The van der Waals surface area contributed by atoms with Gasteiger partial charge in [-0.2, -0.15) is 0 Å². The zero-order valence-corrected chi connectivity index (χ0v) is 18.4. The minimum atomic E-state index is -0.509. The molecule has 0 aliphatic carbocycles. The van der Waals surface area contributed by atoms with E-state index in [-0.39, 0.29) is 6.04 Å². The summed E-state index contributed by atoms with van der Waals surface area (Å²) in [4.78, 5) is 18.6. The number of nitrogens with one attached hydrogen (secondary N) is 1. The Morgan fingerprint density at radius 3 is 2.55 bits per heavy atom. The lowest BCUT2D eigenvalue weighted by atomic mass is 9.97. The molecule has 1 aromatic heterocycles. The van der Waals surface area contributed by atoms with Gasteiger partial charge in [0.2, 0.25) is 0 Å². The van der Waals surface area contributed by atoms with Crippen molar-refractivity contribution in [1.82, 2.24) is 15.2 Å². The summed E-state index contributed by atoms with van der Waals surface area (Å²) in [5.41, 5.74) is 3.92. The Bertz CT molecular complexity index is 826. The molecule has 2 heterocycles. The molecule has 5 heteroatoms. The van der Waals surface area contributed by atoms with Crippen LogP contribution in [0.5, 0.6) is 0 Å². The number of carbonyl (C=O) groups is 1. The molecule has 3 rings (SSSR count). The number of benzene rings is 1. The smallest absolute Gasteiger partial charge is 0.407 e. The van der Waals surface area contributed by atoms with Crippen molar-refractivity contribution in [2.75, 3.05) is 0 Å². The van der Waals surface area contributed by atoms with Crippen LogP contribution in [0.2, 0.25) is 0 Å². The number of alkyl carbamates (subject to hydrolysis) is 1. The molecule has 5 nitrogen and oxygen atoms in total. The van der Waals surface area contributed by atoms with E-state index in [1.807, 2.05) is 46.9 Å². The summed E-state index contributed by atoms with van der Waals surface area (Å²) in [6, 6.07) is 12.7. The SMILES string of the molecule is CC.CC1c2cc(CNC(=O)OC(C)(C)C)ncc2C=CN1Cc1ccccc1. The number of ether oxygens (including phenoxy) is 1. The Morgan fingerprint density at radius 2 is 1.90 bits per heavy atom. The van der Waals surface area contributed by atoms with Crippen molar-refractivity contribution in [2.24, 2.45) is 0 Å². The first kappa shape index (κ1) is 22.5. The molecule has 0 saturated carbocycles. The van der Waals surface area contributed by atoms with E-state index >= 15 is 0 Å². The van der Waals surface area contributed by atoms with Crippen molar-refractivity contribution in [3.63, 3.8) is 0 Å². The molecule has 0 radical (unpaired) electrons. The molecule has 1 amide bonds. The van der Waals surface area contributed by atoms with Crippen LogP contribution in [0.25, 0.3) is 6.08 Å². The predicted molar refractivity (Wildman–Crippen MR) is 118 cm³/mol. The molecule has 0 saturated heterocycles. The maximum absolute atomic E-state index is 11.9. The van der Waals surface area contributed by atoms with Crippen molar-refractivity contribution in [3.8, 4) is 0 Å². The zero-order valence-electron chi connectivity index (χ0n) is 18.4. The number of rotatable bonds is 4. The summed E-state index contributed by atoms with van der Waals surface area (Å²) in [6.45, 7) is 12.9. The highest BCUT2D eigenvalue weighted by atomic mass is 16.6. The molecular weight excluding hydrogens is 362 g/mol. The zero-order chi connectivity index (χ0) is 21.4. The minimum absolute atomic E-state index is 0.230. The molecule has 0 fully saturated rings. The van der Waals surface area contributed by atoms with E-state index in [0.29, 0.717) is 6.54 Å². The maximum atomic E-state index is 11.9. The van der Waals surface area contributed by atoms with Crippen LogP contribution in [0, 0.1) is 0 Å². The van der Waals surface area contributed by atoms with Gasteiger partial charge in [-0.15, -0.1) is 0 Å². The molecule has 1 aromatic carbocycles. The molecule has 156 valence electrons. The van der Waals surface area contributed by atoms with Gasteiger partial charge in [0, 0.05) is 18.9 Å². The monoisotopic (exact) mass is 395 g/mol. The molecule has 1 unspecified atom stereocenters. The number of hydrogen-bond donors (Lipinski definition) is 1. The van der Waals surface area contributed by atoms with Crippen LogP contribution in [0.1, 0.15) is 70.0 Å². The molecule has 1 N–H and O–H groups in total. The van der Waals surface area contributed by atoms with Crippen LogP contribution in [0.3, 0.4) is 0 Å². The van der Waals surface area contributed by atoms with Crippen molar-refractivity contribution < 1.29 is 9.53 Å². The number of fused-ring (bicyclic) bond motifs is 1. The first-order chi connectivity index (χ1) is 13.8. The van der Waals surface area contributed by atoms with Crippen LogP contribution < -0.4 is 5.32 Å². The Labute approximate surface area is 174 Å². The average Bonchev–Trinajstić information content (AvgIpc) is 2.70. The highest BCUT2D eigenvalue weighted by molar-refractivity contribution is 5.67. The third-order valence-electron chi connectivity index (χ3n) is 4.44. The fourth-order valence-electron chi connectivity index (χ4n) is 3.07. The summed E-state index contributed by atoms with van der Waals surface area (Å²) in [7, 11) is 0. The normalized spacial score (nSPS) is 15.1. The average molecular weight is 396 g/mol. The Balaban J connectivity index is 0.00000145. The molecular formula is C24H33N3O2. The number of hydrogen-bond acceptors (Lipinski definition) is 4. The molecule has 2 aromatic rings. The number of nitrogens with zero attached hydrogens (tertiary/aromatic N) is 2. The topological polar surface area (TPSA) is 54.5 Å². The number of pyridine rings is 1. The van der Waals surface area contributed by atoms with E-state index in [1.165, 1.54) is 11.1 Å². The van der Waals surface area contributed by atoms with Gasteiger partial charge in [0.05, 0.1) is 18.3 Å². The van der Waals surface area contributed by atoms with Gasteiger partial charge < -0.3 is 15.0 Å². The van der Waals surface area contributed by atoms with Crippen molar-refractivity contribution in [3.05, 3.63) is 71.2 Å². The summed E-state index contributed by atoms with van der Waals surface area (Å²) in [5.74, 6) is 0. The van der Waals surface area contributed by atoms with Crippen LogP contribution in [-0.4, -0.2) is 21.6 Å². The lowest BCUT2D eigenvalue weighted by Gasteiger charge is -2.32. The lowest BCUT2D eigenvalue weighted by Crippen LogP contribution is -2.32. The quantitative estimate of drug-likeness (QED) is 0.723. The first-order valence-corrected chi connectivity index (χ1v) is 10.3. The molecule has 0 bridgehead atoms. The Hall–Kier alpha value is -2.82. The van der Waals surface area contributed by atoms with Gasteiger partial charge in [0.1, 0.15) is 5.60 Å². The van der Waals surface area contributed by atoms with Crippen LogP contribution in [0.15, 0.2) is 48.8 Å². The Kier molecular flexibility index (Phi) is 7.82.